The van der Waals surface area contributed by atoms with Crippen molar-refractivity contribution in [2.24, 2.45) is 0 Å². The molecule has 3 aliphatic rings. The number of fused-ring (bicyclic) bond motifs is 1. The maximum atomic E-state index is 14.5. The second kappa shape index (κ2) is 8.76. The normalized spacial score (nSPS) is 21.6. The second-order valence-corrected chi connectivity index (χ2v) is 9.76. The Morgan fingerprint density at radius 2 is 1.81 bits per heavy atom. The van der Waals surface area contributed by atoms with E-state index in [2.05, 4.69) is 11.2 Å². The van der Waals surface area contributed by atoms with E-state index in [0.717, 1.165) is 18.9 Å². The zero-order chi connectivity index (χ0) is 22.3. The number of thioether (sulfide) groups is 1. The fourth-order valence-electron chi connectivity index (χ4n) is 5.03. The van der Waals surface area contributed by atoms with E-state index in [4.69, 9.17) is 9.47 Å². The van der Waals surface area contributed by atoms with Crippen molar-refractivity contribution in [1.29, 1.82) is 0 Å². The summed E-state index contributed by atoms with van der Waals surface area (Å²) in [5, 5.41) is 0.887. The lowest BCUT2D eigenvalue weighted by Crippen LogP contribution is -2.46. The molecule has 9 heteroatoms. The third-order valence-corrected chi connectivity index (χ3v) is 7.95. The molecule has 1 aromatic carbocycles. The minimum absolute atomic E-state index is 0.0766. The number of hydrogen-bond donors (Lipinski definition) is 0. The van der Waals surface area contributed by atoms with Crippen LogP contribution >= 0.6 is 11.8 Å². The van der Waals surface area contributed by atoms with Gasteiger partial charge in [-0.3, -0.25) is 9.78 Å². The molecule has 1 aromatic heterocycles. The van der Waals surface area contributed by atoms with Gasteiger partial charge in [0.25, 0.3) is 5.91 Å². The van der Waals surface area contributed by atoms with Crippen LogP contribution in [-0.4, -0.2) is 72.5 Å². The van der Waals surface area contributed by atoms with Gasteiger partial charge in [-0.1, -0.05) is 0 Å². The van der Waals surface area contributed by atoms with E-state index in [-0.39, 0.29) is 11.4 Å². The largest absolute Gasteiger partial charge is 0.370 e. The Bertz CT molecular complexity index is 1010. The molecule has 32 heavy (non-hydrogen) atoms. The number of ether oxygens (including phenoxy) is 2. The topological polar surface area (TPSA) is 54.9 Å². The molecule has 3 fully saturated rings. The Morgan fingerprint density at radius 3 is 2.47 bits per heavy atom. The van der Waals surface area contributed by atoms with Crippen molar-refractivity contribution in [2.75, 3.05) is 50.5 Å². The van der Waals surface area contributed by atoms with E-state index in [9.17, 15) is 13.6 Å². The van der Waals surface area contributed by atoms with Gasteiger partial charge in [0.2, 0.25) is 0 Å². The molecular weight excluding hydrogens is 436 g/mol. The Balaban J connectivity index is 1.52. The molecule has 5 rings (SSSR count). The molecular formula is C23H27F2N3O3S. The number of pyridine rings is 1. The highest BCUT2D eigenvalue weighted by molar-refractivity contribution is 7.99. The molecule has 0 atom stereocenters. The van der Waals surface area contributed by atoms with Crippen LogP contribution in [0.25, 0.3) is 10.9 Å². The number of likely N-dealkylation sites (tertiary alicyclic amines) is 1. The van der Waals surface area contributed by atoms with Crippen molar-refractivity contribution in [3.63, 3.8) is 0 Å². The monoisotopic (exact) mass is 463 g/mol. The maximum absolute atomic E-state index is 14.5. The average Bonchev–Trinajstić information content (AvgIpc) is 3.26. The highest BCUT2D eigenvalue weighted by Gasteiger charge is 2.41. The number of nitrogens with zero attached hydrogens (tertiary/aromatic N) is 3. The van der Waals surface area contributed by atoms with Gasteiger partial charge in [-0.25, -0.2) is 8.78 Å². The molecule has 0 bridgehead atoms. The van der Waals surface area contributed by atoms with Crippen molar-refractivity contribution in [3.8, 4) is 0 Å². The smallest absolute Gasteiger partial charge is 0.257 e. The van der Waals surface area contributed by atoms with Crippen molar-refractivity contribution in [1.82, 2.24) is 9.88 Å². The van der Waals surface area contributed by atoms with E-state index in [1.807, 2.05) is 21.6 Å². The summed E-state index contributed by atoms with van der Waals surface area (Å²) in [6.45, 7) is 3.61. The Morgan fingerprint density at radius 1 is 1.12 bits per heavy atom. The predicted octanol–water partition coefficient (Wildman–Crippen LogP) is 3.82. The molecule has 4 heterocycles. The first-order valence-corrected chi connectivity index (χ1v) is 12.4. The molecule has 0 unspecified atom stereocenters. The van der Waals surface area contributed by atoms with Crippen molar-refractivity contribution in [3.05, 3.63) is 35.5 Å². The van der Waals surface area contributed by atoms with Crippen molar-refractivity contribution < 1.29 is 23.0 Å². The summed E-state index contributed by atoms with van der Waals surface area (Å²) in [6, 6.07) is 2.11. The minimum atomic E-state index is -0.725. The summed E-state index contributed by atoms with van der Waals surface area (Å²) in [6.07, 6.45) is 6.68. The summed E-state index contributed by atoms with van der Waals surface area (Å²) < 4.78 is 40.4. The first-order chi connectivity index (χ1) is 15.5. The molecule has 172 valence electrons. The lowest BCUT2D eigenvalue weighted by molar-refractivity contribution is -0.169. The molecule has 3 aliphatic heterocycles. The van der Waals surface area contributed by atoms with Gasteiger partial charge >= 0.3 is 0 Å². The highest BCUT2D eigenvalue weighted by Crippen LogP contribution is 2.38. The number of aromatic nitrogens is 1. The molecule has 1 spiro atoms. The molecule has 3 saturated heterocycles. The fourth-order valence-corrected chi connectivity index (χ4v) is 5.71. The van der Waals surface area contributed by atoms with Crippen LogP contribution in [0.2, 0.25) is 0 Å². The SMILES string of the molecule is CSC1CCN(C(=O)c2cnc3c(F)cc(F)cc3c2N2CCC3(CC2)OCCO3)CC1. The summed E-state index contributed by atoms with van der Waals surface area (Å²) in [5.74, 6) is -2.12. The number of benzene rings is 1. The first kappa shape index (κ1) is 21.9. The van der Waals surface area contributed by atoms with Gasteiger partial charge in [0.05, 0.1) is 24.5 Å². The predicted molar refractivity (Wildman–Crippen MR) is 120 cm³/mol. The zero-order valence-corrected chi connectivity index (χ0v) is 18.9. The van der Waals surface area contributed by atoms with Gasteiger partial charge in [0, 0.05) is 61.9 Å². The molecule has 1 amide bonds. The second-order valence-electron chi connectivity index (χ2n) is 8.63. The van der Waals surface area contributed by atoms with Gasteiger partial charge in [0.15, 0.2) is 11.6 Å². The fraction of sp³-hybridized carbons (Fsp3) is 0.565. The van der Waals surface area contributed by atoms with Gasteiger partial charge < -0.3 is 19.3 Å². The standard InChI is InChI=1S/C23H27F2N3O3S/c1-32-16-2-6-28(7-3-16)22(29)18-14-26-20-17(12-15(24)13-19(20)25)21(18)27-8-4-23(5-9-27)30-10-11-31-23/h12-14,16H,2-11H2,1H3. The van der Waals surface area contributed by atoms with Crippen LogP contribution < -0.4 is 4.90 Å². The molecule has 0 saturated carbocycles. The number of halogens is 2. The van der Waals surface area contributed by atoms with Crippen LogP contribution in [0.3, 0.4) is 0 Å². The van der Waals surface area contributed by atoms with E-state index in [1.165, 1.54) is 12.3 Å². The summed E-state index contributed by atoms with van der Waals surface area (Å²) in [7, 11) is 0. The van der Waals surface area contributed by atoms with Gasteiger partial charge in [-0.15, -0.1) is 0 Å². The van der Waals surface area contributed by atoms with Crippen molar-refractivity contribution >= 4 is 34.3 Å². The Hall–Kier alpha value is -1.97. The van der Waals surface area contributed by atoms with E-state index in [1.54, 1.807) is 0 Å². The van der Waals surface area contributed by atoms with E-state index < -0.39 is 17.4 Å². The quantitative estimate of drug-likeness (QED) is 0.690. The van der Waals surface area contributed by atoms with Crippen LogP contribution in [0.4, 0.5) is 14.5 Å². The number of carbonyl (C=O) groups is 1. The number of carbonyl (C=O) groups excluding carboxylic acids is 1. The summed E-state index contributed by atoms with van der Waals surface area (Å²) in [5.41, 5.74) is 1.03. The molecule has 0 N–H and O–H groups in total. The van der Waals surface area contributed by atoms with E-state index in [0.29, 0.717) is 74.1 Å². The summed E-state index contributed by atoms with van der Waals surface area (Å²) >= 11 is 1.83. The maximum Gasteiger partial charge on any atom is 0.257 e. The number of amides is 1. The van der Waals surface area contributed by atoms with Crippen LogP contribution in [0, 0.1) is 11.6 Å². The van der Waals surface area contributed by atoms with Gasteiger partial charge in [-0.05, 0) is 25.2 Å². The number of hydrogen-bond acceptors (Lipinski definition) is 6. The minimum Gasteiger partial charge on any atom is -0.370 e. The Kier molecular flexibility index (Phi) is 5.98. The van der Waals surface area contributed by atoms with E-state index >= 15 is 0 Å². The van der Waals surface area contributed by atoms with Crippen molar-refractivity contribution in [2.45, 2.75) is 36.7 Å². The molecule has 0 aliphatic carbocycles. The highest BCUT2D eigenvalue weighted by atomic mass is 32.2. The lowest BCUT2D eigenvalue weighted by atomic mass is 9.99. The third-order valence-electron chi connectivity index (χ3n) is 6.81. The number of rotatable bonds is 3. The average molecular weight is 464 g/mol. The van der Waals surface area contributed by atoms with Crippen LogP contribution in [0.5, 0.6) is 0 Å². The number of anilines is 1. The van der Waals surface area contributed by atoms with Crippen LogP contribution in [0.1, 0.15) is 36.0 Å². The summed E-state index contributed by atoms with van der Waals surface area (Å²) in [4.78, 5) is 21.6. The zero-order valence-electron chi connectivity index (χ0n) is 18.1. The van der Waals surface area contributed by atoms with Crippen LogP contribution in [0.15, 0.2) is 18.3 Å². The van der Waals surface area contributed by atoms with Gasteiger partial charge in [-0.2, -0.15) is 11.8 Å². The van der Waals surface area contributed by atoms with Gasteiger partial charge in [0.1, 0.15) is 11.3 Å². The third kappa shape index (κ3) is 3.95. The van der Waals surface area contributed by atoms with Crippen LogP contribution in [-0.2, 0) is 9.47 Å². The Labute approximate surface area is 190 Å². The molecule has 2 aromatic rings. The molecule has 0 radical (unpaired) electrons. The first-order valence-electron chi connectivity index (χ1n) is 11.1. The lowest BCUT2D eigenvalue weighted by Gasteiger charge is -2.40. The number of piperidine rings is 2. The molecule has 6 nitrogen and oxygen atoms in total.